The normalized spacial score (nSPS) is 13.0. The maximum atomic E-state index is 10.2. The highest BCUT2D eigenvalue weighted by Gasteiger charge is 2.47. The van der Waals surface area contributed by atoms with E-state index < -0.39 is 19.2 Å². The molecule has 4 nitrogen and oxygen atoms in total. The largest absolute Gasteiger partial charge is 0.523 e. The van der Waals surface area contributed by atoms with Crippen molar-refractivity contribution in [3.05, 3.63) is 0 Å². The average Bonchev–Trinajstić information content (AvgIpc) is 1.65. The molecule has 2 N–H and O–H groups in total. The monoisotopic (exact) mass is 151 g/mol. The average molecular weight is 151 g/mol. The van der Waals surface area contributed by atoms with Gasteiger partial charge in [0.1, 0.15) is 0 Å². The molecule has 0 rings (SSSR count). The maximum Gasteiger partial charge on any atom is 0.523 e. The summed E-state index contributed by atoms with van der Waals surface area (Å²) in [7, 11) is -2.63. The van der Waals surface area contributed by atoms with Crippen molar-refractivity contribution >= 4 is 14.0 Å². The molecule has 0 aromatic heterocycles. The second kappa shape index (κ2) is 2.42. The number of hydrogen-bond acceptors (Lipinski definition) is 2. The summed E-state index contributed by atoms with van der Waals surface area (Å²) in [6.45, 7) is 2.40. The van der Waals surface area contributed by atoms with Gasteiger partial charge in [0.25, 0.3) is 5.16 Å². The Bertz CT molecular complexity index is 135. The van der Waals surface area contributed by atoms with Crippen molar-refractivity contribution in [1.82, 2.24) is 0 Å². The van der Waals surface area contributed by atoms with Crippen molar-refractivity contribution in [3.8, 4) is 0 Å². The van der Waals surface area contributed by atoms with Gasteiger partial charge in [0.2, 0.25) is 0 Å². The molecule has 5 heteroatoms. The van der Waals surface area contributed by atoms with Crippen LogP contribution in [0.1, 0.15) is 13.8 Å². The second-order valence-corrected chi connectivity index (χ2v) is 3.80. The van der Waals surface area contributed by atoms with Crippen LogP contribution in [0, 0.1) is 0 Å². The van der Waals surface area contributed by atoms with E-state index in [1.54, 1.807) is 0 Å². The molecule has 0 spiro atoms. The summed E-state index contributed by atoms with van der Waals surface area (Å²) >= 11 is 0. The third-order valence-corrected chi connectivity index (χ3v) is 2.15. The topological polar surface area (TPSA) is 74.6 Å². The van der Waals surface area contributed by atoms with E-state index in [2.05, 4.69) is 0 Å². The SMILES string of the molecule is CC(C)(C(=O)O)[P+](=O)O. The van der Waals surface area contributed by atoms with Crippen molar-refractivity contribution in [2.45, 2.75) is 19.0 Å². The predicted octanol–water partition coefficient (Wildman–Crippen LogP) is 0.584. The van der Waals surface area contributed by atoms with Crippen LogP contribution >= 0.6 is 8.03 Å². The molecule has 0 amide bonds. The first-order valence-corrected chi connectivity index (χ1v) is 3.50. The van der Waals surface area contributed by atoms with Crippen LogP contribution in [0.4, 0.5) is 0 Å². The van der Waals surface area contributed by atoms with Crippen LogP contribution < -0.4 is 0 Å². The van der Waals surface area contributed by atoms with E-state index >= 15 is 0 Å². The number of hydrogen-bond donors (Lipinski definition) is 2. The Morgan fingerprint density at radius 2 is 1.89 bits per heavy atom. The zero-order chi connectivity index (χ0) is 7.65. The number of rotatable bonds is 2. The van der Waals surface area contributed by atoms with Gasteiger partial charge in [-0.1, -0.05) is 0 Å². The van der Waals surface area contributed by atoms with Crippen molar-refractivity contribution in [1.29, 1.82) is 0 Å². The van der Waals surface area contributed by atoms with Gasteiger partial charge in [-0.05, 0) is 18.4 Å². The van der Waals surface area contributed by atoms with E-state index in [-0.39, 0.29) is 0 Å². The summed E-state index contributed by atoms with van der Waals surface area (Å²) in [5.41, 5.74) is 0. The second-order valence-electron chi connectivity index (χ2n) is 2.14. The van der Waals surface area contributed by atoms with Crippen LogP contribution in [0.2, 0.25) is 0 Å². The van der Waals surface area contributed by atoms with Crippen LogP contribution in [0.25, 0.3) is 0 Å². The zero-order valence-electron chi connectivity index (χ0n) is 5.16. The van der Waals surface area contributed by atoms with Gasteiger partial charge >= 0.3 is 14.0 Å². The molecule has 0 saturated heterocycles. The molecule has 0 saturated carbocycles. The van der Waals surface area contributed by atoms with Crippen LogP contribution in [0.3, 0.4) is 0 Å². The molecule has 1 atom stereocenters. The fraction of sp³-hybridized carbons (Fsp3) is 0.750. The van der Waals surface area contributed by atoms with Gasteiger partial charge in [-0.15, -0.1) is 0 Å². The Hall–Kier alpha value is -0.470. The van der Waals surface area contributed by atoms with Crippen molar-refractivity contribution in [3.63, 3.8) is 0 Å². The van der Waals surface area contributed by atoms with Gasteiger partial charge in [-0.3, -0.25) is 0 Å². The van der Waals surface area contributed by atoms with Crippen molar-refractivity contribution in [2.75, 3.05) is 0 Å². The number of carbonyl (C=O) groups is 1. The highest BCUT2D eigenvalue weighted by Crippen LogP contribution is 2.34. The van der Waals surface area contributed by atoms with Crippen LogP contribution in [-0.2, 0) is 9.36 Å². The fourth-order valence-electron chi connectivity index (χ4n) is 0.0818. The minimum Gasteiger partial charge on any atom is -0.478 e. The molecule has 52 valence electrons. The lowest BCUT2D eigenvalue weighted by Crippen LogP contribution is -2.26. The third-order valence-electron chi connectivity index (χ3n) is 1.00. The zero-order valence-corrected chi connectivity index (χ0v) is 6.05. The van der Waals surface area contributed by atoms with E-state index in [0.29, 0.717) is 0 Å². The molecule has 0 aromatic rings. The first-order chi connectivity index (χ1) is 3.89. The Labute approximate surface area is 53.4 Å². The highest BCUT2D eigenvalue weighted by atomic mass is 31.1. The summed E-state index contributed by atoms with van der Waals surface area (Å²) < 4.78 is 10.2. The molecular formula is C4H8O4P+. The number of carboxylic acids is 1. The lowest BCUT2D eigenvalue weighted by atomic mass is 10.2. The smallest absolute Gasteiger partial charge is 0.478 e. The van der Waals surface area contributed by atoms with Gasteiger partial charge in [0, 0.05) is 0 Å². The Morgan fingerprint density at radius 1 is 1.56 bits per heavy atom. The van der Waals surface area contributed by atoms with Gasteiger partial charge in [-0.25, -0.2) is 4.79 Å². The lowest BCUT2D eigenvalue weighted by Gasteiger charge is -2.00. The molecule has 0 heterocycles. The number of aliphatic carboxylic acids is 1. The molecule has 0 radical (unpaired) electrons. The Balaban J connectivity index is 4.38. The lowest BCUT2D eigenvalue weighted by molar-refractivity contribution is -0.139. The van der Waals surface area contributed by atoms with Crippen LogP contribution in [-0.4, -0.2) is 21.1 Å². The van der Waals surface area contributed by atoms with Gasteiger partial charge in [0.05, 0.1) is 0 Å². The molecular weight excluding hydrogens is 143 g/mol. The quantitative estimate of drug-likeness (QED) is 0.566. The Kier molecular flexibility index (Phi) is 2.29. The summed E-state index contributed by atoms with van der Waals surface area (Å²) in [4.78, 5) is 18.5. The first kappa shape index (κ1) is 8.53. The molecule has 1 unspecified atom stereocenters. The molecule has 0 bridgehead atoms. The summed E-state index contributed by atoms with van der Waals surface area (Å²) in [6, 6.07) is 0. The maximum absolute atomic E-state index is 10.2. The highest BCUT2D eigenvalue weighted by molar-refractivity contribution is 7.41. The summed E-state index contributed by atoms with van der Waals surface area (Å²) in [5.74, 6) is -1.26. The molecule has 9 heavy (non-hydrogen) atoms. The molecule has 0 aromatic carbocycles. The van der Waals surface area contributed by atoms with E-state index in [1.165, 1.54) is 13.8 Å². The molecule has 0 aliphatic carbocycles. The summed E-state index contributed by atoms with van der Waals surface area (Å²) in [6.07, 6.45) is 0. The van der Waals surface area contributed by atoms with Gasteiger partial charge in [0.15, 0.2) is 0 Å². The molecule has 0 fully saturated rings. The van der Waals surface area contributed by atoms with Crippen LogP contribution in [0.5, 0.6) is 0 Å². The molecule has 0 aliphatic heterocycles. The van der Waals surface area contributed by atoms with Crippen molar-refractivity contribution < 1.29 is 19.4 Å². The van der Waals surface area contributed by atoms with Gasteiger partial charge in [-0.2, -0.15) is 4.89 Å². The third kappa shape index (κ3) is 1.73. The van der Waals surface area contributed by atoms with Gasteiger partial charge < -0.3 is 5.11 Å². The summed E-state index contributed by atoms with van der Waals surface area (Å²) in [5, 5.41) is 6.75. The van der Waals surface area contributed by atoms with E-state index in [4.69, 9.17) is 10.00 Å². The van der Waals surface area contributed by atoms with E-state index in [0.717, 1.165) is 0 Å². The Morgan fingerprint density at radius 3 is 1.89 bits per heavy atom. The van der Waals surface area contributed by atoms with Crippen LogP contribution in [0.15, 0.2) is 0 Å². The predicted molar refractivity (Wildman–Crippen MR) is 31.5 cm³/mol. The van der Waals surface area contributed by atoms with Crippen molar-refractivity contribution in [2.24, 2.45) is 0 Å². The standard InChI is InChI=1S/C4H7O4P/c1-4(2,3(5)6)9(7)8/h1-2H3,(H-,5,6,7,8)/p+1. The minimum atomic E-state index is -2.63. The molecule has 0 aliphatic rings. The minimum absolute atomic E-state index is 1.20. The first-order valence-electron chi connectivity index (χ1n) is 2.28. The number of carboxylic acid groups (broad SMARTS) is 1. The fourth-order valence-corrected chi connectivity index (χ4v) is 0.245. The van der Waals surface area contributed by atoms with E-state index in [1.807, 2.05) is 0 Å². The van der Waals surface area contributed by atoms with E-state index in [9.17, 15) is 9.36 Å².